The lowest BCUT2D eigenvalue weighted by molar-refractivity contribution is -0.138. The van der Waals surface area contributed by atoms with Crippen LogP contribution in [0, 0.1) is 0 Å². The number of benzene rings is 2. The summed E-state index contributed by atoms with van der Waals surface area (Å²) in [6.07, 6.45) is -4.43. The van der Waals surface area contributed by atoms with Gasteiger partial charge in [0, 0.05) is 10.0 Å². The molecule has 0 radical (unpaired) electrons. The van der Waals surface area contributed by atoms with E-state index in [0.29, 0.717) is 15.6 Å². The SMILES string of the molecule is CNC(c1cc(Cl)ccc1Cl)c1ccccc1C(F)(F)F. The molecular formula is C15H12Cl2F3N. The Morgan fingerprint density at radius 2 is 1.67 bits per heavy atom. The Morgan fingerprint density at radius 3 is 2.29 bits per heavy atom. The van der Waals surface area contributed by atoms with E-state index in [1.807, 2.05) is 0 Å². The van der Waals surface area contributed by atoms with Gasteiger partial charge in [-0.2, -0.15) is 13.2 Å². The molecule has 2 aromatic rings. The number of halogens is 5. The average molecular weight is 334 g/mol. The third kappa shape index (κ3) is 3.51. The highest BCUT2D eigenvalue weighted by atomic mass is 35.5. The van der Waals surface area contributed by atoms with E-state index in [0.717, 1.165) is 6.07 Å². The number of nitrogens with one attached hydrogen (secondary N) is 1. The van der Waals surface area contributed by atoms with Crippen LogP contribution in [0.3, 0.4) is 0 Å². The lowest BCUT2D eigenvalue weighted by atomic mass is 9.94. The summed E-state index contributed by atoms with van der Waals surface area (Å²) in [6, 6.07) is 9.44. The number of hydrogen-bond acceptors (Lipinski definition) is 1. The van der Waals surface area contributed by atoms with Gasteiger partial charge in [-0.1, -0.05) is 41.4 Å². The summed E-state index contributed by atoms with van der Waals surface area (Å²) < 4.78 is 39.5. The van der Waals surface area contributed by atoms with Crippen molar-refractivity contribution in [2.24, 2.45) is 0 Å². The van der Waals surface area contributed by atoms with E-state index in [4.69, 9.17) is 23.2 Å². The second-order valence-electron chi connectivity index (χ2n) is 4.47. The molecule has 0 fully saturated rings. The van der Waals surface area contributed by atoms with Gasteiger partial charge < -0.3 is 5.32 Å². The summed E-state index contributed by atoms with van der Waals surface area (Å²) in [4.78, 5) is 0. The molecule has 0 aliphatic carbocycles. The van der Waals surface area contributed by atoms with Gasteiger partial charge in [0.2, 0.25) is 0 Å². The minimum atomic E-state index is -4.43. The summed E-state index contributed by atoms with van der Waals surface area (Å²) in [5.41, 5.74) is -0.0829. The van der Waals surface area contributed by atoms with Gasteiger partial charge in [-0.25, -0.2) is 0 Å². The van der Waals surface area contributed by atoms with Gasteiger partial charge in [-0.3, -0.25) is 0 Å². The smallest absolute Gasteiger partial charge is 0.309 e. The quantitative estimate of drug-likeness (QED) is 0.801. The van der Waals surface area contributed by atoms with Crippen LogP contribution in [-0.2, 0) is 6.18 Å². The van der Waals surface area contributed by atoms with Crippen LogP contribution < -0.4 is 5.32 Å². The van der Waals surface area contributed by atoms with Crippen molar-refractivity contribution in [1.82, 2.24) is 5.32 Å². The molecule has 2 aromatic carbocycles. The Labute approximate surface area is 130 Å². The fourth-order valence-electron chi connectivity index (χ4n) is 2.22. The average Bonchev–Trinajstić information content (AvgIpc) is 2.43. The Bertz CT molecular complexity index is 641. The number of rotatable bonds is 3. The summed E-state index contributed by atoms with van der Waals surface area (Å²) >= 11 is 12.0. The van der Waals surface area contributed by atoms with Crippen molar-refractivity contribution in [2.75, 3.05) is 7.05 Å². The molecule has 0 aliphatic rings. The first kappa shape index (κ1) is 16.1. The van der Waals surface area contributed by atoms with Crippen LogP contribution >= 0.6 is 23.2 Å². The number of hydrogen-bond donors (Lipinski definition) is 1. The molecule has 0 amide bonds. The third-order valence-electron chi connectivity index (χ3n) is 3.13. The minimum Gasteiger partial charge on any atom is -0.309 e. The molecular weight excluding hydrogens is 322 g/mol. The summed E-state index contributed by atoms with van der Waals surface area (Å²) in [6.45, 7) is 0. The molecule has 1 unspecified atom stereocenters. The predicted molar refractivity (Wildman–Crippen MR) is 78.8 cm³/mol. The first-order chi connectivity index (χ1) is 9.84. The molecule has 0 saturated carbocycles. The van der Waals surface area contributed by atoms with Crippen molar-refractivity contribution in [3.8, 4) is 0 Å². The first-order valence-corrected chi connectivity index (χ1v) is 6.88. The third-order valence-corrected chi connectivity index (χ3v) is 3.71. The van der Waals surface area contributed by atoms with Crippen LogP contribution in [0.5, 0.6) is 0 Å². The van der Waals surface area contributed by atoms with Crippen LogP contribution in [0.15, 0.2) is 42.5 Å². The minimum absolute atomic E-state index is 0.108. The molecule has 1 atom stereocenters. The van der Waals surface area contributed by atoms with E-state index >= 15 is 0 Å². The van der Waals surface area contributed by atoms with E-state index in [-0.39, 0.29) is 5.56 Å². The van der Waals surface area contributed by atoms with E-state index in [2.05, 4.69) is 5.32 Å². The molecule has 0 bridgehead atoms. The van der Waals surface area contributed by atoms with Gasteiger partial charge >= 0.3 is 6.18 Å². The van der Waals surface area contributed by atoms with Crippen molar-refractivity contribution in [3.05, 3.63) is 69.2 Å². The molecule has 2 rings (SSSR count). The Hall–Kier alpha value is -1.23. The molecule has 1 N–H and O–H groups in total. The second kappa shape index (κ2) is 6.26. The van der Waals surface area contributed by atoms with Gasteiger partial charge in [0.15, 0.2) is 0 Å². The van der Waals surface area contributed by atoms with Gasteiger partial charge in [-0.15, -0.1) is 0 Å². The largest absolute Gasteiger partial charge is 0.416 e. The zero-order valence-electron chi connectivity index (χ0n) is 11.0. The Morgan fingerprint density at radius 1 is 1.00 bits per heavy atom. The van der Waals surface area contributed by atoms with Gasteiger partial charge in [-0.05, 0) is 42.4 Å². The van der Waals surface area contributed by atoms with E-state index < -0.39 is 17.8 Å². The first-order valence-electron chi connectivity index (χ1n) is 6.13. The molecule has 1 nitrogen and oxygen atoms in total. The van der Waals surface area contributed by atoms with Gasteiger partial charge in [0.1, 0.15) is 0 Å². The highest BCUT2D eigenvalue weighted by Crippen LogP contribution is 2.38. The molecule has 21 heavy (non-hydrogen) atoms. The second-order valence-corrected chi connectivity index (χ2v) is 5.32. The Kier molecular flexibility index (Phi) is 4.81. The Balaban J connectivity index is 2.60. The van der Waals surface area contributed by atoms with E-state index in [1.165, 1.54) is 12.1 Å². The van der Waals surface area contributed by atoms with E-state index in [9.17, 15) is 13.2 Å². The highest BCUT2D eigenvalue weighted by molar-refractivity contribution is 6.33. The highest BCUT2D eigenvalue weighted by Gasteiger charge is 2.35. The predicted octanol–water partition coefficient (Wildman–Crippen LogP) is 5.32. The van der Waals surface area contributed by atoms with Crippen LogP contribution in [-0.4, -0.2) is 7.05 Å². The molecule has 112 valence electrons. The lowest BCUT2D eigenvalue weighted by Gasteiger charge is -2.22. The molecule has 0 spiro atoms. The zero-order valence-corrected chi connectivity index (χ0v) is 12.5. The topological polar surface area (TPSA) is 12.0 Å². The van der Waals surface area contributed by atoms with Crippen molar-refractivity contribution < 1.29 is 13.2 Å². The van der Waals surface area contributed by atoms with Crippen molar-refractivity contribution >= 4 is 23.2 Å². The number of alkyl halides is 3. The molecule has 0 aliphatic heterocycles. The van der Waals surface area contributed by atoms with Gasteiger partial charge in [0.05, 0.1) is 11.6 Å². The fraction of sp³-hybridized carbons (Fsp3) is 0.200. The maximum absolute atomic E-state index is 13.2. The van der Waals surface area contributed by atoms with E-state index in [1.54, 1.807) is 31.3 Å². The van der Waals surface area contributed by atoms with Crippen LogP contribution in [0.4, 0.5) is 13.2 Å². The van der Waals surface area contributed by atoms with Crippen LogP contribution in [0.2, 0.25) is 10.0 Å². The molecule has 0 aromatic heterocycles. The van der Waals surface area contributed by atoms with Crippen LogP contribution in [0.25, 0.3) is 0 Å². The normalized spacial score (nSPS) is 13.2. The van der Waals surface area contributed by atoms with Gasteiger partial charge in [0.25, 0.3) is 0 Å². The van der Waals surface area contributed by atoms with Crippen molar-refractivity contribution in [3.63, 3.8) is 0 Å². The zero-order chi connectivity index (χ0) is 15.6. The lowest BCUT2D eigenvalue weighted by Crippen LogP contribution is -2.22. The summed E-state index contributed by atoms with van der Waals surface area (Å²) in [5, 5.41) is 3.65. The molecule has 6 heteroatoms. The van der Waals surface area contributed by atoms with Crippen molar-refractivity contribution in [2.45, 2.75) is 12.2 Å². The molecule has 0 heterocycles. The monoisotopic (exact) mass is 333 g/mol. The fourth-order valence-corrected chi connectivity index (χ4v) is 2.63. The maximum Gasteiger partial charge on any atom is 0.416 e. The molecule has 0 saturated heterocycles. The van der Waals surface area contributed by atoms with Crippen molar-refractivity contribution in [1.29, 1.82) is 0 Å². The summed E-state index contributed by atoms with van der Waals surface area (Å²) in [7, 11) is 1.58. The maximum atomic E-state index is 13.2. The standard InChI is InChI=1S/C15H12Cl2F3N/c1-21-14(11-8-9(16)6-7-13(11)17)10-4-2-3-5-12(10)15(18,19)20/h2-8,14,21H,1H3. The van der Waals surface area contributed by atoms with Crippen LogP contribution in [0.1, 0.15) is 22.7 Å². The summed E-state index contributed by atoms with van der Waals surface area (Å²) in [5.74, 6) is 0.